The summed E-state index contributed by atoms with van der Waals surface area (Å²) < 4.78 is 0. The molecule has 0 heterocycles. The highest BCUT2D eigenvalue weighted by atomic mass is 16.3. The van der Waals surface area contributed by atoms with Crippen LogP contribution in [0.4, 0.5) is 0 Å². The smallest absolute Gasteiger partial charge is 0.133 e. The molecule has 0 spiro atoms. The molecule has 1 aromatic carbocycles. The molecule has 1 rings (SSSR count). The molecule has 1 aromatic rings. The Bertz CT molecular complexity index is 208. The second kappa shape index (κ2) is 3.51. The van der Waals surface area contributed by atoms with Crippen LogP contribution in [0.15, 0.2) is 30.3 Å². The van der Waals surface area contributed by atoms with Crippen LogP contribution in [0.1, 0.15) is 11.8 Å². The number of rotatable bonds is 2. The van der Waals surface area contributed by atoms with Gasteiger partial charge in [0.2, 0.25) is 0 Å². The number of nitrogens with zero attached hydrogens (tertiary/aromatic N) is 1. The predicted octanol–water partition coefficient (Wildman–Crippen LogP) is 1.24. The highest BCUT2D eigenvalue weighted by Crippen LogP contribution is 2.12. The zero-order chi connectivity index (χ0) is 8.27. The van der Waals surface area contributed by atoms with Crippen molar-refractivity contribution >= 4 is 0 Å². The van der Waals surface area contributed by atoms with Crippen LogP contribution < -0.4 is 0 Å². The van der Waals surface area contributed by atoms with Gasteiger partial charge in [-0.25, -0.2) is 0 Å². The molecule has 0 saturated heterocycles. The number of aliphatic hydroxyl groups excluding tert-OH is 1. The fraction of sp³-hybridized carbons (Fsp3) is 0.333. The molecule has 0 bridgehead atoms. The van der Waals surface area contributed by atoms with Crippen LogP contribution in [0.25, 0.3) is 0 Å². The SMILES string of the molecule is CN(C)C(O)c1ccccc1. The van der Waals surface area contributed by atoms with Gasteiger partial charge in [-0.2, -0.15) is 0 Å². The molecule has 0 aliphatic heterocycles. The van der Waals surface area contributed by atoms with Gasteiger partial charge >= 0.3 is 0 Å². The summed E-state index contributed by atoms with van der Waals surface area (Å²) in [6.07, 6.45) is -0.490. The van der Waals surface area contributed by atoms with E-state index in [1.54, 1.807) is 4.90 Å². The Morgan fingerprint density at radius 3 is 2.18 bits per heavy atom. The third-order valence-electron chi connectivity index (χ3n) is 1.59. The van der Waals surface area contributed by atoms with Gasteiger partial charge in [0.1, 0.15) is 6.23 Å². The van der Waals surface area contributed by atoms with Gasteiger partial charge in [0.15, 0.2) is 0 Å². The number of hydrogen-bond donors (Lipinski definition) is 1. The molecule has 2 nitrogen and oxygen atoms in total. The molecule has 0 saturated carbocycles. The lowest BCUT2D eigenvalue weighted by Gasteiger charge is -2.18. The Balaban J connectivity index is 2.77. The van der Waals surface area contributed by atoms with E-state index in [1.165, 1.54) is 0 Å². The van der Waals surface area contributed by atoms with Gasteiger partial charge in [0.05, 0.1) is 0 Å². The first kappa shape index (κ1) is 8.24. The summed E-state index contributed by atoms with van der Waals surface area (Å²) in [5.74, 6) is 0. The third kappa shape index (κ3) is 2.03. The molecule has 0 amide bonds. The van der Waals surface area contributed by atoms with E-state index >= 15 is 0 Å². The minimum absolute atomic E-state index is 0.490. The van der Waals surface area contributed by atoms with Crippen LogP contribution in [-0.2, 0) is 0 Å². The van der Waals surface area contributed by atoms with Crippen molar-refractivity contribution in [3.8, 4) is 0 Å². The van der Waals surface area contributed by atoms with Crippen molar-refractivity contribution in [3.63, 3.8) is 0 Å². The fourth-order valence-corrected chi connectivity index (χ4v) is 0.923. The molecule has 11 heavy (non-hydrogen) atoms. The zero-order valence-electron chi connectivity index (χ0n) is 6.86. The largest absolute Gasteiger partial charge is 0.374 e. The van der Waals surface area contributed by atoms with Crippen molar-refractivity contribution in [2.24, 2.45) is 0 Å². The summed E-state index contributed by atoms with van der Waals surface area (Å²) in [5.41, 5.74) is 0.928. The summed E-state index contributed by atoms with van der Waals surface area (Å²) in [6, 6.07) is 9.59. The van der Waals surface area contributed by atoms with E-state index in [0.29, 0.717) is 0 Å². The van der Waals surface area contributed by atoms with Crippen molar-refractivity contribution in [1.82, 2.24) is 4.90 Å². The van der Waals surface area contributed by atoms with E-state index < -0.39 is 6.23 Å². The maximum absolute atomic E-state index is 9.52. The highest BCUT2D eigenvalue weighted by Gasteiger charge is 2.07. The van der Waals surface area contributed by atoms with Gasteiger partial charge in [-0.05, 0) is 19.7 Å². The topological polar surface area (TPSA) is 23.5 Å². The van der Waals surface area contributed by atoms with Crippen molar-refractivity contribution in [1.29, 1.82) is 0 Å². The first-order valence-corrected chi connectivity index (χ1v) is 3.61. The molecule has 1 N–H and O–H groups in total. The van der Waals surface area contributed by atoms with Gasteiger partial charge in [-0.15, -0.1) is 0 Å². The summed E-state index contributed by atoms with van der Waals surface area (Å²) >= 11 is 0. The second-order valence-corrected chi connectivity index (χ2v) is 2.75. The first-order valence-electron chi connectivity index (χ1n) is 3.61. The second-order valence-electron chi connectivity index (χ2n) is 2.75. The number of hydrogen-bond acceptors (Lipinski definition) is 2. The maximum atomic E-state index is 9.52. The van der Waals surface area contributed by atoms with Gasteiger partial charge in [0.25, 0.3) is 0 Å². The molecule has 1 atom stereocenters. The first-order chi connectivity index (χ1) is 5.22. The third-order valence-corrected chi connectivity index (χ3v) is 1.59. The Kier molecular flexibility index (Phi) is 2.63. The quantitative estimate of drug-likeness (QED) is 0.643. The molecule has 2 heteroatoms. The normalized spacial score (nSPS) is 13.5. The van der Waals surface area contributed by atoms with E-state index in [4.69, 9.17) is 0 Å². The van der Waals surface area contributed by atoms with Gasteiger partial charge in [-0.3, -0.25) is 4.90 Å². The van der Waals surface area contributed by atoms with Gasteiger partial charge < -0.3 is 5.11 Å². The zero-order valence-corrected chi connectivity index (χ0v) is 6.86. The summed E-state index contributed by atoms with van der Waals surface area (Å²) in [4.78, 5) is 1.76. The van der Waals surface area contributed by atoms with Gasteiger partial charge in [-0.1, -0.05) is 30.3 Å². The van der Waals surface area contributed by atoms with Crippen molar-refractivity contribution in [2.75, 3.05) is 14.1 Å². The number of benzene rings is 1. The molecule has 0 aliphatic rings. The van der Waals surface area contributed by atoms with E-state index in [0.717, 1.165) is 5.56 Å². The average Bonchev–Trinajstić information content (AvgIpc) is 2.05. The van der Waals surface area contributed by atoms with Crippen molar-refractivity contribution in [3.05, 3.63) is 35.9 Å². The maximum Gasteiger partial charge on any atom is 0.133 e. The van der Waals surface area contributed by atoms with Crippen LogP contribution in [0.5, 0.6) is 0 Å². The standard InChI is InChI=1S/C9H13NO/c1-10(2)9(11)8-6-4-3-5-7-8/h3-7,9,11H,1-2H3. The fourth-order valence-electron chi connectivity index (χ4n) is 0.923. The monoisotopic (exact) mass is 151 g/mol. The molecule has 0 aromatic heterocycles. The summed E-state index contributed by atoms with van der Waals surface area (Å²) in [7, 11) is 3.69. The Morgan fingerprint density at radius 1 is 1.18 bits per heavy atom. The van der Waals surface area contributed by atoms with E-state index in [2.05, 4.69) is 0 Å². The highest BCUT2D eigenvalue weighted by molar-refractivity contribution is 5.16. The lowest BCUT2D eigenvalue weighted by Crippen LogP contribution is -2.18. The lowest BCUT2D eigenvalue weighted by molar-refractivity contribution is 0.0395. The molecule has 0 radical (unpaired) electrons. The Morgan fingerprint density at radius 2 is 1.73 bits per heavy atom. The minimum Gasteiger partial charge on any atom is -0.374 e. The Hall–Kier alpha value is -0.860. The Labute approximate surface area is 67.1 Å². The van der Waals surface area contributed by atoms with Crippen LogP contribution in [0.3, 0.4) is 0 Å². The molecular formula is C9H13NO. The predicted molar refractivity (Wildman–Crippen MR) is 45.1 cm³/mol. The molecular weight excluding hydrogens is 138 g/mol. The number of aliphatic hydroxyl groups is 1. The summed E-state index contributed by atoms with van der Waals surface area (Å²) in [5, 5.41) is 9.52. The molecule has 0 aliphatic carbocycles. The van der Waals surface area contributed by atoms with E-state index in [9.17, 15) is 5.11 Å². The molecule has 0 fully saturated rings. The van der Waals surface area contributed by atoms with Crippen molar-refractivity contribution in [2.45, 2.75) is 6.23 Å². The van der Waals surface area contributed by atoms with Crippen molar-refractivity contribution < 1.29 is 5.11 Å². The van der Waals surface area contributed by atoms with Crippen LogP contribution in [0, 0.1) is 0 Å². The lowest BCUT2D eigenvalue weighted by atomic mass is 10.2. The van der Waals surface area contributed by atoms with Crippen LogP contribution in [-0.4, -0.2) is 24.1 Å². The minimum atomic E-state index is -0.490. The summed E-state index contributed by atoms with van der Waals surface area (Å²) in [6.45, 7) is 0. The average molecular weight is 151 g/mol. The van der Waals surface area contributed by atoms with Crippen LogP contribution >= 0.6 is 0 Å². The van der Waals surface area contributed by atoms with E-state index in [-0.39, 0.29) is 0 Å². The van der Waals surface area contributed by atoms with E-state index in [1.807, 2.05) is 44.4 Å². The molecule has 60 valence electrons. The van der Waals surface area contributed by atoms with Crippen LogP contribution in [0.2, 0.25) is 0 Å². The molecule has 1 unspecified atom stereocenters. The van der Waals surface area contributed by atoms with Gasteiger partial charge in [0, 0.05) is 0 Å².